The molecule has 0 bridgehead atoms. The minimum Gasteiger partial charge on any atom is -0.352 e. The predicted molar refractivity (Wildman–Crippen MR) is 125 cm³/mol. The highest BCUT2D eigenvalue weighted by Crippen LogP contribution is 2.43. The van der Waals surface area contributed by atoms with Gasteiger partial charge in [0, 0.05) is 29.2 Å². The van der Waals surface area contributed by atoms with Crippen molar-refractivity contribution >= 4 is 40.6 Å². The molecule has 8 heteroatoms. The molecule has 4 rings (SSSR count). The van der Waals surface area contributed by atoms with Gasteiger partial charge < -0.3 is 21.3 Å². The molecule has 1 fully saturated rings. The minimum absolute atomic E-state index is 0.0608. The van der Waals surface area contributed by atoms with Gasteiger partial charge in [-0.2, -0.15) is 0 Å². The van der Waals surface area contributed by atoms with Crippen LogP contribution in [0.2, 0.25) is 0 Å². The molecular weight excluding hydrogens is 424 g/mol. The van der Waals surface area contributed by atoms with Gasteiger partial charge in [0.15, 0.2) is 0 Å². The Hall–Kier alpha value is -3.65. The summed E-state index contributed by atoms with van der Waals surface area (Å²) in [4.78, 5) is 39.8. The monoisotopic (exact) mass is 448 g/mol. The Morgan fingerprint density at radius 2 is 1.81 bits per heavy atom. The van der Waals surface area contributed by atoms with E-state index in [0.29, 0.717) is 12.2 Å². The molecule has 2 unspecified atom stereocenters. The number of thiophene rings is 1. The van der Waals surface area contributed by atoms with Gasteiger partial charge in [0.2, 0.25) is 11.8 Å². The SMILES string of the molecule is Cc1ccc(N2C(=O)CC(C(=O)NCc3ccc(NC(N)=O)cc3)C2c2cccs2)cc1. The number of hydrogen-bond donors (Lipinski definition) is 3. The van der Waals surface area contributed by atoms with Gasteiger partial charge >= 0.3 is 6.03 Å². The number of hydrogen-bond acceptors (Lipinski definition) is 4. The number of anilines is 2. The number of benzene rings is 2. The number of nitrogens with one attached hydrogen (secondary N) is 2. The molecule has 3 aromatic rings. The van der Waals surface area contributed by atoms with Crippen molar-refractivity contribution in [3.63, 3.8) is 0 Å². The first-order valence-electron chi connectivity index (χ1n) is 10.3. The van der Waals surface area contributed by atoms with Crippen LogP contribution in [0.15, 0.2) is 66.0 Å². The molecule has 0 spiro atoms. The zero-order valence-corrected chi connectivity index (χ0v) is 18.4. The van der Waals surface area contributed by atoms with Crippen LogP contribution < -0.4 is 21.3 Å². The highest BCUT2D eigenvalue weighted by Gasteiger charge is 2.45. The number of primary amides is 1. The van der Waals surface area contributed by atoms with Crippen molar-refractivity contribution in [1.82, 2.24) is 5.32 Å². The number of nitrogens with two attached hydrogens (primary N) is 1. The summed E-state index contributed by atoms with van der Waals surface area (Å²) in [5.41, 5.74) is 8.49. The molecule has 2 atom stereocenters. The maximum atomic E-state index is 13.2. The molecule has 4 amide bonds. The molecule has 0 saturated carbocycles. The quantitative estimate of drug-likeness (QED) is 0.532. The molecule has 2 aromatic carbocycles. The Morgan fingerprint density at radius 1 is 1.09 bits per heavy atom. The molecule has 0 radical (unpaired) electrons. The van der Waals surface area contributed by atoms with Crippen LogP contribution in [-0.2, 0) is 16.1 Å². The van der Waals surface area contributed by atoms with Crippen LogP contribution in [0, 0.1) is 12.8 Å². The number of amides is 4. The standard InChI is InChI=1S/C24H24N4O3S/c1-15-4-10-18(11-5-15)28-21(29)13-19(22(28)20-3-2-12-32-20)23(30)26-14-16-6-8-17(9-7-16)27-24(25)31/h2-12,19,22H,13-14H2,1H3,(H,26,30)(H3,25,27,31). The number of carbonyl (C=O) groups is 3. The van der Waals surface area contributed by atoms with E-state index in [1.165, 1.54) is 0 Å². The van der Waals surface area contributed by atoms with Crippen molar-refractivity contribution in [2.45, 2.75) is 25.9 Å². The molecule has 1 aromatic heterocycles. The molecule has 2 heterocycles. The predicted octanol–water partition coefficient (Wildman–Crippen LogP) is 3.96. The lowest BCUT2D eigenvalue weighted by atomic mass is 9.97. The second kappa shape index (κ2) is 9.23. The summed E-state index contributed by atoms with van der Waals surface area (Å²) in [7, 11) is 0. The van der Waals surface area contributed by atoms with E-state index >= 15 is 0 Å². The van der Waals surface area contributed by atoms with Crippen molar-refractivity contribution in [3.05, 3.63) is 82.0 Å². The summed E-state index contributed by atoms with van der Waals surface area (Å²) in [6, 6.07) is 17.8. The molecule has 32 heavy (non-hydrogen) atoms. The maximum Gasteiger partial charge on any atom is 0.316 e. The van der Waals surface area contributed by atoms with Gasteiger partial charge in [-0.1, -0.05) is 35.9 Å². The van der Waals surface area contributed by atoms with Crippen LogP contribution in [0.4, 0.5) is 16.2 Å². The summed E-state index contributed by atoms with van der Waals surface area (Å²) in [5.74, 6) is -0.710. The molecular formula is C24H24N4O3S. The lowest BCUT2D eigenvalue weighted by Crippen LogP contribution is -2.35. The third-order valence-electron chi connectivity index (χ3n) is 5.49. The van der Waals surface area contributed by atoms with E-state index in [2.05, 4.69) is 10.6 Å². The van der Waals surface area contributed by atoms with Crippen LogP contribution in [0.25, 0.3) is 0 Å². The van der Waals surface area contributed by atoms with Crippen molar-refractivity contribution in [2.75, 3.05) is 10.2 Å². The topological polar surface area (TPSA) is 105 Å². The Morgan fingerprint density at radius 3 is 2.44 bits per heavy atom. The zero-order valence-electron chi connectivity index (χ0n) is 17.6. The third-order valence-corrected chi connectivity index (χ3v) is 6.44. The lowest BCUT2D eigenvalue weighted by molar-refractivity contribution is -0.126. The largest absolute Gasteiger partial charge is 0.352 e. The smallest absolute Gasteiger partial charge is 0.316 e. The summed E-state index contributed by atoms with van der Waals surface area (Å²) < 4.78 is 0. The zero-order chi connectivity index (χ0) is 22.7. The van der Waals surface area contributed by atoms with E-state index in [9.17, 15) is 14.4 Å². The summed E-state index contributed by atoms with van der Waals surface area (Å²) in [5, 5.41) is 7.43. The van der Waals surface area contributed by atoms with Crippen LogP contribution in [0.1, 0.15) is 28.5 Å². The summed E-state index contributed by atoms with van der Waals surface area (Å²) in [6.07, 6.45) is 0.156. The Kier molecular flexibility index (Phi) is 6.23. The van der Waals surface area contributed by atoms with Gasteiger partial charge in [-0.05, 0) is 48.2 Å². The van der Waals surface area contributed by atoms with E-state index in [1.54, 1.807) is 40.5 Å². The number of carbonyl (C=O) groups excluding carboxylic acids is 3. The van der Waals surface area contributed by atoms with Crippen molar-refractivity contribution in [1.29, 1.82) is 0 Å². The van der Waals surface area contributed by atoms with Crippen LogP contribution in [0.3, 0.4) is 0 Å². The molecule has 164 valence electrons. The Labute approximate surface area is 190 Å². The first-order valence-corrected chi connectivity index (χ1v) is 11.2. The van der Waals surface area contributed by atoms with E-state index in [4.69, 9.17) is 5.73 Å². The summed E-state index contributed by atoms with van der Waals surface area (Å²) in [6.45, 7) is 2.32. The average molecular weight is 449 g/mol. The fraction of sp³-hybridized carbons (Fsp3) is 0.208. The second-order valence-corrected chi connectivity index (χ2v) is 8.75. The van der Waals surface area contributed by atoms with Gasteiger partial charge in [0.1, 0.15) is 0 Å². The maximum absolute atomic E-state index is 13.2. The number of nitrogens with zero attached hydrogens (tertiary/aromatic N) is 1. The van der Waals surface area contributed by atoms with Gasteiger partial charge in [0.25, 0.3) is 0 Å². The third kappa shape index (κ3) is 4.65. The summed E-state index contributed by atoms with van der Waals surface area (Å²) >= 11 is 1.55. The van der Waals surface area contributed by atoms with Crippen molar-refractivity contribution in [2.24, 2.45) is 11.7 Å². The van der Waals surface area contributed by atoms with Gasteiger partial charge in [0.05, 0.1) is 12.0 Å². The van der Waals surface area contributed by atoms with Gasteiger partial charge in [-0.3, -0.25) is 9.59 Å². The highest BCUT2D eigenvalue weighted by atomic mass is 32.1. The number of urea groups is 1. The molecule has 1 saturated heterocycles. The number of rotatable bonds is 6. The van der Waals surface area contributed by atoms with E-state index in [-0.39, 0.29) is 24.3 Å². The molecule has 1 aliphatic rings. The Bertz CT molecular complexity index is 1110. The Balaban J connectivity index is 1.51. The van der Waals surface area contributed by atoms with Crippen molar-refractivity contribution in [3.8, 4) is 0 Å². The molecule has 1 aliphatic heterocycles. The van der Waals surface area contributed by atoms with Crippen LogP contribution in [0.5, 0.6) is 0 Å². The molecule has 4 N–H and O–H groups in total. The highest BCUT2D eigenvalue weighted by molar-refractivity contribution is 7.10. The van der Waals surface area contributed by atoms with Gasteiger partial charge in [-0.25, -0.2) is 4.79 Å². The molecule has 0 aliphatic carbocycles. The van der Waals surface area contributed by atoms with Gasteiger partial charge in [-0.15, -0.1) is 11.3 Å². The first kappa shape index (κ1) is 21.6. The number of aryl methyl sites for hydroxylation is 1. The fourth-order valence-corrected chi connectivity index (χ4v) is 4.81. The van der Waals surface area contributed by atoms with E-state index in [0.717, 1.165) is 21.7 Å². The van der Waals surface area contributed by atoms with Crippen LogP contribution >= 0.6 is 11.3 Å². The second-order valence-electron chi connectivity index (χ2n) is 7.77. The van der Waals surface area contributed by atoms with Crippen LogP contribution in [-0.4, -0.2) is 17.8 Å². The van der Waals surface area contributed by atoms with Crippen molar-refractivity contribution < 1.29 is 14.4 Å². The first-order chi connectivity index (χ1) is 15.4. The normalized spacial score (nSPS) is 17.9. The lowest BCUT2D eigenvalue weighted by Gasteiger charge is -2.27. The average Bonchev–Trinajstić information content (AvgIpc) is 3.41. The molecule has 7 nitrogen and oxygen atoms in total. The fourth-order valence-electron chi connectivity index (χ4n) is 3.93. The van der Waals surface area contributed by atoms with E-state index < -0.39 is 11.9 Å². The minimum atomic E-state index is -0.630. The van der Waals surface area contributed by atoms with E-state index in [1.807, 2.05) is 48.7 Å².